The lowest BCUT2D eigenvalue weighted by Gasteiger charge is -2.30. The smallest absolute Gasteiger partial charge is 0.303 e. The Labute approximate surface area is 233 Å². The first-order chi connectivity index (χ1) is 19.2. The van der Waals surface area contributed by atoms with Crippen LogP contribution in [0.15, 0.2) is 60.7 Å². The van der Waals surface area contributed by atoms with Crippen molar-refractivity contribution < 1.29 is 38.4 Å². The van der Waals surface area contributed by atoms with Crippen molar-refractivity contribution >= 4 is 17.8 Å². The molecule has 0 aliphatic carbocycles. The normalized spacial score (nSPS) is 11.3. The van der Waals surface area contributed by atoms with Gasteiger partial charge < -0.3 is 34.7 Å². The van der Waals surface area contributed by atoms with E-state index in [0.29, 0.717) is 35.0 Å². The summed E-state index contributed by atoms with van der Waals surface area (Å²) in [5, 5.41) is 9.25. The minimum absolute atomic E-state index is 0.0685. The van der Waals surface area contributed by atoms with Crippen LogP contribution in [0.3, 0.4) is 0 Å². The molecule has 0 radical (unpaired) electrons. The van der Waals surface area contributed by atoms with Crippen molar-refractivity contribution in [2.45, 2.75) is 32.4 Å². The number of benzene rings is 3. The lowest BCUT2D eigenvalue weighted by Crippen LogP contribution is -2.47. The Hall–Kier alpha value is -4.73. The average molecular weight is 551 g/mol. The molecule has 3 rings (SSSR count). The summed E-state index contributed by atoms with van der Waals surface area (Å²) in [6, 6.07) is 16.6. The van der Waals surface area contributed by atoms with Crippen LogP contribution in [0.25, 0.3) is 11.1 Å². The van der Waals surface area contributed by atoms with E-state index in [-0.39, 0.29) is 19.4 Å². The number of nitrogens with two attached hydrogens (primary N) is 1. The van der Waals surface area contributed by atoms with Crippen molar-refractivity contribution in [2.75, 3.05) is 27.9 Å². The number of methoxy groups -OCH3 is 3. The zero-order chi connectivity index (χ0) is 29.2. The number of carbonyl (C=O) groups is 3. The van der Waals surface area contributed by atoms with Gasteiger partial charge in [-0.3, -0.25) is 14.4 Å². The average Bonchev–Trinajstić information content (AvgIpc) is 2.95. The zero-order valence-corrected chi connectivity index (χ0v) is 23.0. The molecular formula is C30H34N2O8. The Bertz CT molecular complexity index is 1310. The number of carboxylic acid groups (broad SMARTS) is 1. The van der Waals surface area contributed by atoms with E-state index in [1.54, 1.807) is 36.4 Å². The van der Waals surface area contributed by atoms with Gasteiger partial charge in [0.25, 0.3) is 5.91 Å². The van der Waals surface area contributed by atoms with E-state index in [0.717, 1.165) is 16.9 Å². The van der Waals surface area contributed by atoms with Crippen LogP contribution >= 0.6 is 0 Å². The first-order valence-electron chi connectivity index (χ1n) is 12.7. The number of nitrogens with zero attached hydrogens (tertiary/aromatic N) is 1. The van der Waals surface area contributed by atoms with Crippen LogP contribution in [-0.2, 0) is 16.1 Å². The molecule has 3 aromatic rings. The van der Waals surface area contributed by atoms with Crippen molar-refractivity contribution in [3.8, 4) is 34.1 Å². The summed E-state index contributed by atoms with van der Waals surface area (Å²) in [7, 11) is 4.41. The predicted octanol–water partition coefficient (Wildman–Crippen LogP) is 4.14. The molecule has 0 aromatic heterocycles. The van der Waals surface area contributed by atoms with Crippen LogP contribution in [0.4, 0.5) is 0 Å². The summed E-state index contributed by atoms with van der Waals surface area (Å²) in [5.74, 6) is -0.575. The molecule has 1 atom stereocenters. The second-order valence-corrected chi connectivity index (χ2v) is 8.86. The summed E-state index contributed by atoms with van der Waals surface area (Å²) in [4.78, 5) is 38.9. The fourth-order valence-corrected chi connectivity index (χ4v) is 4.36. The molecule has 3 N–H and O–H groups in total. The summed E-state index contributed by atoms with van der Waals surface area (Å²) in [6.07, 6.45) is -0.495. The molecule has 212 valence electrons. The Morgan fingerprint density at radius 3 is 2.08 bits per heavy atom. The van der Waals surface area contributed by atoms with Gasteiger partial charge in [-0.1, -0.05) is 24.3 Å². The van der Waals surface area contributed by atoms with Gasteiger partial charge in [0.15, 0.2) is 11.5 Å². The van der Waals surface area contributed by atoms with Crippen LogP contribution in [0, 0.1) is 0 Å². The van der Waals surface area contributed by atoms with E-state index in [1.807, 2.05) is 31.2 Å². The minimum Gasteiger partial charge on any atom is -0.494 e. The van der Waals surface area contributed by atoms with Crippen molar-refractivity contribution in [3.63, 3.8) is 0 Å². The van der Waals surface area contributed by atoms with Crippen LogP contribution < -0.4 is 24.7 Å². The SMILES string of the molecule is CCOc1cccc(-c2ccc(C(=O)N(Cc3cc(OC)c(OC)c(OC)c3)[C@@H](CCC(=O)O)C(N)=O)cc2)c1. The second-order valence-electron chi connectivity index (χ2n) is 8.86. The predicted molar refractivity (Wildman–Crippen MR) is 149 cm³/mol. The topological polar surface area (TPSA) is 138 Å². The number of carboxylic acids is 1. The van der Waals surface area contributed by atoms with Gasteiger partial charge in [-0.2, -0.15) is 0 Å². The number of carbonyl (C=O) groups excluding carboxylic acids is 2. The van der Waals surface area contributed by atoms with Crippen molar-refractivity contribution in [1.82, 2.24) is 4.90 Å². The number of aliphatic carboxylic acids is 1. The molecule has 0 aliphatic heterocycles. The number of hydrogen-bond donors (Lipinski definition) is 2. The molecule has 0 heterocycles. The Kier molecular flexibility index (Phi) is 10.4. The Morgan fingerprint density at radius 1 is 0.900 bits per heavy atom. The second kappa shape index (κ2) is 13.9. The monoisotopic (exact) mass is 550 g/mol. The maximum Gasteiger partial charge on any atom is 0.303 e. The largest absolute Gasteiger partial charge is 0.494 e. The molecular weight excluding hydrogens is 516 g/mol. The number of amides is 2. The highest BCUT2D eigenvalue weighted by molar-refractivity contribution is 5.98. The summed E-state index contributed by atoms with van der Waals surface area (Å²) < 4.78 is 21.8. The van der Waals surface area contributed by atoms with Gasteiger partial charge in [0.2, 0.25) is 11.7 Å². The minimum atomic E-state index is -1.18. The number of hydrogen-bond acceptors (Lipinski definition) is 7. The van der Waals surface area contributed by atoms with Crippen LogP contribution in [0.5, 0.6) is 23.0 Å². The first-order valence-corrected chi connectivity index (χ1v) is 12.7. The number of primary amides is 1. The molecule has 0 spiro atoms. The molecule has 10 nitrogen and oxygen atoms in total. The third-order valence-corrected chi connectivity index (χ3v) is 6.28. The maximum absolute atomic E-state index is 13.8. The molecule has 0 saturated carbocycles. The van der Waals surface area contributed by atoms with Gasteiger partial charge in [-0.15, -0.1) is 0 Å². The molecule has 0 saturated heterocycles. The van der Waals surface area contributed by atoms with E-state index in [1.165, 1.54) is 26.2 Å². The highest BCUT2D eigenvalue weighted by Crippen LogP contribution is 2.39. The van der Waals surface area contributed by atoms with Gasteiger partial charge in [0.05, 0.1) is 27.9 Å². The van der Waals surface area contributed by atoms with Crippen molar-refractivity contribution in [3.05, 3.63) is 71.8 Å². The molecule has 3 aromatic carbocycles. The van der Waals surface area contributed by atoms with Gasteiger partial charge >= 0.3 is 5.97 Å². The van der Waals surface area contributed by atoms with Crippen molar-refractivity contribution in [2.24, 2.45) is 5.73 Å². The van der Waals surface area contributed by atoms with Gasteiger partial charge in [0, 0.05) is 18.5 Å². The third kappa shape index (κ3) is 7.22. The molecule has 10 heteroatoms. The molecule has 0 bridgehead atoms. The highest BCUT2D eigenvalue weighted by atomic mass is 16.5. The lowest BCUT2D eigenvalue weighted by atomic mass is 10.0. The first kappa shape index (κ1) is 29.8. The fourth-order valence-electron chi connectivity index (χ4n) is 4.36. The number of ether oxygens (including phenoxy) is 4. The Balaban J connectivity index is 2.00. The fraction of sp³-hybridized carbons (Fsp3) is 0.300. The molecule has 0 aliphatic rings. The van der Waals surface area contributed by atoms with Gasteiger partial charge in [-0.25, -0.2) is 0 Å². The quantitative estimate of drug-likeness (QED) is 0.306. The van der Waals surface area contributed by atoms with Crippen LogP contribution in [0.2, 0.25) is 0 Å². The van der Waals surface area contributed by atoms with Gasteiger partial charge in [-0.05, 0) is 66.4 Å². The van der Waals surface area contributed by atoms with Crippen LogP contribution in [0.1, 0.15) is 35.7 Å². The summed E-state index contributed by atoms with van der Waals surface area (Å²) in [6.45, 7) is 2.38. The molecule has 40 heavy (non-hydrogen) atoms. The molecule has 2 amide bonds. The van der Waals surface area contributed by atoms with E-state index in [2.05, 4.69) is 0 Å². The third-order valence-electron chi connectivity index (χ3n) is 6.28. The lowest BCUT2D eigenvalue weighted by molar-refractivity contribution is -0.137. The van der Waals surface area contributed by atoms with E-state index in [9.17, 15) is 19.5 Å². The maximum atomic E-state index is 13.8. The standard InChI is InChI=1S/C30H34N2O8/c1-5-40-23-8-6-7-22(17-23)20-9-11-21(12-10-20)30(36)32(24(29(31)35)13-14-27(33)34)18-19-15-25(37-2)28(39-4)26(16-19)38-3/h6-12,15-17,24H,5,13-14,18H2,1-4H3,(H2,31,35)(H,33,34)/t24-/m0/s1. The summed E-state index contributed by atoms with van der Waals surface area (Å²) >= 11 is 0. The zero-order valence-electron chi connectivity index (χ0n) is 23.0. The van der Waals surface area contributed by atoms with Crippen LogP contribution in [-0.4, -0.2) is 61.8 Å². The van der Waals surface area contributed by atoms with Gasteiger partial charge in [0.1, 0.15) is 11.8 Å². The molecule has 0 unspecified atom stereocenters. The number of rotatable bonds is 14. The molecule has 0 fully saturated rings. The van der Waals surface area contributed by atoms with E-state index >= 15 is 0 Å². The van der Waals surface area contributed by atoms with E-state index < -0.39 is 23.8 Å². The Morgan fingerprint density at radius 2 is 1.55 bits per heavy atom. The van der Waals surface area contributed by atoms with E-state index in [4.69, 9.17) is 24.7 Å². The highest BCUT2D eigenvalue weighted by Gasteiger charge is 2.30. The summed E-state index contributed by atoms with van der Waals surface area (Å²) in [5.41, 5.74) is 8.33. The van der Waals surface area contributed by atoms with Crippen molar-refractivity contribution in [1.29, 1.82) is 0 Å².